The molecule has 0 N–H and O–H groups in total. The second kappa shape index (κ2) is 9.40. The summed E-state index contributed by atoms with van der Waals surface area (Å²) in [5.41, 5.74) is 2.14. The Labute approximate surface area is 122 Å². The lowest BCUT2D eigenvalue weighted by molar-refractivity contribution is 1.04. The molecule has 0 unspecified atom stereocenters. The zero-order valence-corrected chi connectivity index (χ0v) is 11.8. The Hall–Kier alpha value is -2.54. The minimum absolute atomic E-state index is 0.761. The first-order chi connectivity index (χ1) is 9.83. The van der Waals surface area contributed by atoms with E-state index in [9.17, 15) is 0 Å². The highest BCUT2D eigenvalue weighted by molar-refractivity contribution is 5.55. The normalized spacial score (nSPS) is 11.7. The van der Waals surface area contributed by atoms with Crippen molar-refractivity contribution in [1.29, 1.82) is 0 Å². The van der Waals surface area contributed by atoms with E-state index >= 15 is 0 Å². The maximum absolute atomic E-state index is 3.87. The minimum Gasteiger partial charge on any atom is -0.338 e. The molecule has 0 spiro atoms. The summed E-state index contributed by atoms with van der Waals surface area (Å²) < 4.78 is 0. The predicted molar refractivity (Wildman–Crippen MR) is 90.7 cm³/mol. The van der Waals surface area contributed by atoms with Crippen LogP contribution in [0.1, 0.15) is 0 Å². The summed E-state index contributed by atoms with van der Waals surface area (Å²) in [5.74, 6) is 0. The molecule has 0 aromatic heterocycles. The van der Waals surface area contributed by atoms with E-state index in [0.717, 1.165) is 17.9 Å². The second-order valence-electron chi connectivity index (χ2n) is 4.03. The molecule has 1 nitrogen and oxygen atoms in total. The Morgan fingerprint density at radius 3 is 2.30 bits per heavy atom. The molecule has 0 amide bonds. The molecule has 1 aromatic carbocycles. The predicted octanol–water partition coefficient (Wildman–Crippen LogP) is 5.05. The SMILES string of the molecule is C=C/C=C\C=C/CN(/C(C=C)=C/C=C)c1ccccc1. The topological polar surface area (TPSA) is 3.24 Å². The van der Waals surface area contributed by atoms with Gasteiger partial charge in [-0.25, -0.2) is 0 Å². The summed E-state index contributed by atoms with van der Waals surface area (Å²) in [6.45, 7) is 12.0. The van der Waals surface area contributed by atoms with Gasteiger partial charge >= 0.3 is 0 Å². The highest BCUT2D eigenvalue weighted by Gasteiger charge is 2.06. The summed E-state index contributed by atoms with van der Waals surface area (Å²) in [4.78, 5) is 2.17. The highest BCUT2D eigenvalue weighted by atomic mass is 15.1. The van der Waals surface area contributed by atoms with Crippen LogP contribution in [-0.2, 0) is 0 Å². The van der Waals surface area contributed by atoms with E-state index in [-0.39, 0.29) is 0 Å². The van der Waals surface area contributed by atoms with Crippen LogP contribution in [0.5, 0.6) is 0 Å². The van der Waals surface area contributed by atoms with Crippen molar-refractivity contribution in [1.82, 2.24) is 0 Å². The van der Waals surface area contributed by atoms with E-state index in [1.54, 1.807) is 12.2 Å². The zero-order chi connectivity index (χ0) is 14.6. The van der Waals surface area contributed by atoms with E-state index in [2.05, 4.69) is 42.8 Å². The van der Waals surface area contributed by atoms with Crippen molar-refractivity contribution in [2.24, 2.45) is 0 Å². The number of rotatable bonds is 8. The fraction of sp³-hybridized carbons (Fsp3) is 0.0526. The van der Waals surface area contributed by atoms with Gasteiger partial charge in [0, 0.05) is 17.9 Å². The molecule has 0 atom stereocenters. The van der Waals surface area contributed by atoms with Gasteiger partial charge < -0.3 is 4.90 Å². The Balaban J connectivity index is 2.96. The van der Waals surface area contributed by atoms with Crippen molar-refractivity contribution in [3.8, 4) is 0 Å². The molecule has 1 heteroatoms. The number of nitrogens with zero attached hydrogens (tertiary/aromatic N) is 1. The summed E-state index contributed by atoms with van der Waals surface area (Å²) in [5, 5.41) is 0. The number of anilines is 1. The third-order valence-electron chi connectivity index (χ3n) is 2.66. The van der Waals surface area contributed by atoms with Gasteiger partial charge in [-0.3, -0.25) is 0 Å². The number of hydrogen-bond donors (Lipinski definition) is 0. The van der Waals surface area contributed by atoms with E-state index in [4.69, 9.17) is 0 Å². The van der Waals surface area contributed by atoms with Crippen molar-refractivity contribution >= 4 is 5.69 Å². The largest absolute Gasteiger partial charge is 0.338 e. The van der Waals surface area contributed by atoms with Crippen molar-refractivity contribution in [2.75, 3.05) is 11.4 Å². The lowest BCUT2D eigenvalue weighted by Gasteiger charge is -2.24. The molecule has 1 rings (SSSR count). The maximum atomic E-state index is 3.87. The first kappa shape index (κ1) is 15.5. The number of benzene rings is 1. The van der Waals surface area contributed by atoms with Crippen LogP contribution in [0.3, 0.4) is 0 Å². The van der Waals surface area contributed by atoms with Crippen LogP contribution in [0, 0.1) is 0 Å². The summed E-state index contributed by atoms with van der Waals surface area (Å²) in [6.07, 6.45) is 15.3. The Morgan fingerprint density at radius 2 is 1.70 bits per heavy atom. The zero-order valence-electron chi connectivity index (χ0n) is 11.8. The molecule has 20 heavy (non-hydrogen) atoms. The van der Waals surface area contributed by atoms with E-state index < -0.39 is 0 Å². The minimum atomic E-state index is 0.761. The third-order valence-corrected chi connectivity index (χ3v) is 2.66. The third kappa shape index (κ3) is 4.99. The van der Waals surface area contributed by atoms with Gasteiger partial charge in [-0.2, -0.15) is 0 Å². The van der Waals surface area contributed by atoms with Crippen LogP contribution in [0.2, 0.25) is 0 Å². The number of para-hydroxylation sites is 1. The fourth-order valence-corrected chi connectivity index (χ4v) is 1.74. The average Bonchev–Trinajstić information content (AvgIpc) is 2.50. The van der Waals surface area contributed by atoms with Gasteiger partial charge in [-0.15, -0.1) is 0 Å². The van der Waals surface area contributed by atoms with Crippen molar-refractivity contribution in [3.05, 3.63) is 104 Å². The van der Waals surface area contributed by atoms with Crippen LogP contribution < -0.4 is 4.90 Å². The first-order valence-electron chi connectivity index (χ1n) is 6.55. The average molecular weight is 263 g/mol. The molecule has 0 aliphatic heterocycles. The Bertz CT molecular complexity index is 518. The van der Waals surface area contributed by atoms with E-state index in [1.165, 1.54) is 0 Å². The molecule has 0 bridgehead atoms. The van der Waals surface area contributed by atoms with Gasteiger partial charge in [-0.05, 0) is 24.3 Å². The fourth-order valence-electron chi connectivity index (χ4n) is 1.74. The van der Waals surface area contributed by atoms with Crippen LogP contribution >= 0.6 is 0 Å². The van der Waals surface area contributed by atoms with Crippen molar-refractivity contribution < 1.29 is 0 Å². The highest BCUT2D eigenvalue weighted by Crippen LogP contribution is 2.19. The molecule has 0 fully saturated rings. The summed E-state index contributed by atoms with van der Waals surface area (Å²) >= 11 is 0. The lowest BCUT2D eigenvalue weighted by Crippen LogP contribution is -2.21. The monoisotopic (exact) mass is 263 g/mol. The van der Waals surface area contributed by atoms with Gasteiger partial charge in [0.25, 0.3) is 0 Å². The van der Waals surface area contributed by atoms with Crippen LogP contribution in [0.15, 0.2) is 104 Å². The van der Waals surface area contributed by atoms with Gasteiger partial charge in [0.2, 0.25) is 0 Å². The quantitative estimate of drug-likeness (QED) is 0.593. The maximum Gasteiger partial charge on any atom is 0.0415 e. The molecule has 0 aliphatic carbocycles. The lowest BCUT2D eigenvalue weighted by atomic mass is 10.2. The second-order valence-corrected chi connectivity index (χ2v) is 4.03. The summed E-state index contributed by atoms with van der Waals surface area (Å²) in [7, 11) is 0. The molecule has 0 radical (unpaired) electrons. The molecule has 0 aliphatic rings. The van der Waals surface area contributed by atoms with Crippen LogP contribution in [0.25, 0.3) is 0 Å². The standard InChI is InChI=1S/C19H21N/c1-4-7-8-9-13-17-20(18(6-3)14-5-2)19-15-11-10-12-16-19/h4-16H,1-3,17H2/b8-7-,13-9-,18-14+. The molecule has 102 valence electrons. The van der Waals surface area contributed by atoms with Gasteiger partial charge in [-0.1, -0.05) is 74.4 Å². The molecule has 0 saturated carbocycles. The number of hydrogen-bond acceptors (Lipinski definition) is 1. The molecular formula is C19H21N. The Kier molecular flexibility index (Phi) is 7.29. The van der Waals surface area contributed by atoms with Gasteiger partial charge in [0.05, 0.1) is 0 Å². The molecule has 0 heterocycles. The summed E-state index contributed by atoms with van der Waals surface area (Å²) in [6, 6.07) is 10.2. The first-order valence-corrected chi connectivity index (χ1v) is 6.55. The van der Waals surface area contributed by atoms with Crippen LogP contribution in [-0.4, -0.2) is 6.54 Å². The molecule has 1 aromatic rings. The van der Waals surface area contributed by atoms with Gasteiger partial charge in [0.1, 0.15) is 0 Å². The molecular weight excluding hydrogens is 242 g/mol. The number of allylic oxidation sites excluding steroid dienone is 7. The van der Waals surface area contributed by atoms with E-state index in [0.29, 0.717) is 0 Å². The van der Waals surface area contributed by atoms with Crippen molar-refractivity contribution in [2.45, 2.75) is 0 Å². The smallest absolute Gasteiger partial charge is 0.0415 e. The van der Waals surface area contributed by atoms with E-state index in [1.807, 2.05) is 48.6 Å². The molecule has 0 saturated heterocycles. The van der Waals surface area contributed by atoms with Gasteiger partial charge in [0.15, 0.2) is 0 Å². The van der Waals surface area contributed by atoms with Crippen LogP contribution in [0.4, 0.5) is 5.69 Å². The van der Waals surface area contributed by atoms with Crippen molar-refractivity contribution in [3.63, 3.8) is 0 Å². The Morgan fingerprint density at radius 1 is 0.950 bits per heavy atom.